The Kier molecular flexibility index (Phi) is 4.02. The minimum Gasteiger partial charge on any atom is -0.465 e. The number of carbonyl (C=O) groups excluding carboxylic acids is 1. The summed E-state index contributed by atoms with van der Waals surface area (Å²) < 4.78 is 6.66. The van der Waals surface area contributed by atoms with Gasteiger partial charge in [0.15, 0.2) is 10.4 Å². The van der Waals surface area contributed by atoms with Gasteiger partial charge in [0.1, 0.15) is 0 Å². The molecule has 0 atom stereocenters. The van der Waals surface area contributed by atoms with Gasteiger partial charge in [0, 0.05) is 5.69 Å². The van der Waals surface area contributed by atoms with Crippen LogP contribution in [0, 0.1) is 18.6 Å². The Morgan fingerprint density at radius 1 is 1.29 bits per heavy atom. The van der Waals surface area contributed by atoms with Gasteiger partial charge in [0.2, 0.25) is 0 Å². The molecule has 0 spiro atoms. The van der Waals surface area contributed by atoms with Crippen molar-refractivity contribution in [3.63, 3.8) is 0 Å². The van der Waals surface area contributed by atoms with Crippen LogP contribution in [-0.4, -0.2) is 27.6 Å². The molecule has 1 N–H and O–H groups in total. The van der Waals surface area contributed by atoms with Crippen molar-refractivity contribution >= 4 is 29.2 Å². The molecule has 0 aliphatic heterocycles. The normalized spacial score (nSPS) is 10.8. The van der Waals surface area contributed by atoms with E-state index in [9.17, 15) is 9.59 Å². The van der Waals surface area contributed by atoms with E-state index in [1.165, 1.54) is 13.2 Å². The number of pyridine rings is 1. The summed E-state index contributed by atoms with van der Waals surface area (Å²) in [5.41, 5.74) is 2.41. The lowest BCUT2D eigenvalue weighted by Crippen LogP contribution is -2.19. The Balaban J connectivity index is 2.52. The summed E-state index contributed by atoms with van der Waals surface area (Å²) in [6, 6.07) is 9.17. The summed E-state index contributed by atoms with van der Waals surface area (Å²) in [6.07, 6.45) is 0. The second kappa shape index (κ2) is 6.01. The van der Waals surface area contributed by atoms with Crippen molar-refractivity contribution < 1.29 is 9.53 Å². The van der Waals surface area contributed by atoms with Crippen LogP contribution in [0.1, 0.15) is 21.6 Å². The SMILES string of the molecule is COC(=O)c1cc(C)nc2c1c(=O)[nH]c(=S)n2-c1cccc(C)c1. The zero-order valence-electron chi connectivity index (χ0n) is 13.4. The highest BCUT2D eigenvalue weighted by atomic mass is 32.1. The number of hydrogen-bond donors (Lipinski definition) is 1. The monoisotopic (exact) mass is 341 g/mol. The summed E-state index contributed by atoms with van der Waals surface area (Å²) in [5, 5.41) is 0.155. The maximum Gasteiger partial charge on any atom is 0.338 e. The molecule has 122 valence electrons. The molecule has 0 fully saturated rings. The molecule has 0 unspecified atom stereocenters. The molecule has 2 aromatic heterocycles. The number of aromatic amines is 1. The molecule has 3 rings (SSSR count). The Bertz CT molecular complexity index is 1080. The van der Waals surface area contributed by atoms with Crippen molar-refractivity contribution in [1.29, 1.82) is 0 Å². The zero-order valence-corrected chi connectivity index (χ0v) is 14.2. The van der Waals surface area contributed by atoms with E-state index < -0.39 is 11.5 Å². The molecule has 0 aliphatic carbocycles. The quantitative estimate of drug-likeness (QED) is 0.573. The van der Waals surface area contributed by atoms with Crippen molar-refractivity contribution in [2.75, 3.05) is 7.11 Å². The lowest BCUT2D eigenvalue weighted by molar-refractivity contribution is 0.0602. The van der Waals surface area contributed by atoms with Crippen LogP contribution in [0.3, 0.4) is 0 Å². The highest BCUT2D eigenvalue weighted by Crippen LogP contribution is 2.20. The number of aromatic nitrogens is 3. The van der Waals surface area contributed by atoms with Crippen LogP contribution in [0.25, 0.3) is 16.7 Å². The molecule has 7 heteroatoms. The third-order valence-electron chi connectivity index (χ3n) is 3.66. The van der Waals surface area contributed by atoms with Gasteiger partial charge < -0.3 is 4.74 Å². The minimum atomic E-state index is -0.594. The molecular formula is C17H15N3O3S. The first-order valence-corrected chi connectivity index (χ1v) is 7.65. The number of aryl methyl sites for hydroxylation is 2. The molecule has 3 aromatic rings. The average molecular weight is 341 g/mol. The van der Waals surface area contributed by atoms with Gasteiger partial charge >= 0.3 is 5.97 Å². The molecular weight excluding hydrogens is 326 g/mol. The second-order valence-electron chi connectivity index (χ2n) is 5.44. The standard InChI is InChI=1S/C17H15N3O3S/c1-9-5-4-6-11(7-9)20-14-13(15(21)19-17(20)24)12(16(22)23-3)8-10(2)18-14/h4-8H,1-3H3,(H,19,21,24). The van der Waals surface area contributed by atoms with Crippen molar-refractivity contribution in [1.82, 2.24) is 14.5 Å². The number of H-pyrrole nitrogens is 1. The number of fused-ring (bicyclic) bond motifs is 1. The van der Waals surface area contributed by atoms with Crippen molar-refractivity contribution in [3.8, 4) is 5.69 Å². The lowest BCUT2D eigenvalue weighted by atomic mass is 10.1. The van der Waals surface area contributed by atoms with Gasteiger partial charge in [-0.1, -0.05) is 12.1 Å². The zero-order chi connectivity index (χ0) is 17.4. The topological polar surface area (TPSA) is 77.0 Å². The number of benzene rings is 1. The molecule has 24 heavy (non-hydrogen) atoms. The summed E-state index contributed by atoms with van der Waals surface area (Å²) >= 11 is 5.32. The van der Waals surface area contributed by atoms with E-state index in [1.54, 1.807) is 11.5 Å². The summed E-state index contributed by atoms with van der Waals surface area (Å²) in [5.74, 6) is -0.594. The first kappa shape index (κ1) is 16.1. The highest BCUT2D eigenvalue weighted by Gasteiger charge is 2.18. The van der Waals surface area contributed by atoms with Gasteiger partial charge in [-0.3, -0.25) is 14.3 Å². The Labute approximate surface area is 142 Å². The third kappa shape index (κ3) is 2.63. The van der Waals surface area contributed by atoms with Crippen LogP contribution in [0.15, 0.2) is 35.1 Å². The lowest BCUT2D eigenvalue weighted by Gasteiger charge is -2.13. The van der Waals surface area contributed by atoms with Gasteiger partial charge in [-0.05, 0) is 49.8 Å². The predicted molar refractivity (Wildman–Crippen MR) is 93.3 cm³/mol. The van der Waals surface area contributed by atoms with Crippen LogP contribution in [0.4, 0.5) is 0 Å². The predicted octanol–water partition coefficient (Wildman–Crippen LogP) is 2.85. The van der Waals surface area contributed by atoms with Crippen molar-refractivity contribution in [2.24, 2.45) is 0 Å². The Morgan fingerprint density at radius 3 is 2.71 bits per heavy atom. The summed E-state index contributed by atoms with van der Waals surface area (Å²) in [6.45, 7) is 3.70. The fraction of sp³-hybridized carbons (Fsp3) is 0.176. The Morgan fingerprint density at radius 2 is 2.04 bits per heavy atom. The van der Waals surface area contributed by atoms with E-state index in [0.29, 0.717) is 11.3 Å². The van der Waals surface area contributed by atoms with Gasteiger partial charge in [0.25, 0.3) is 5.56 Å². The number of rotatable bonds is 2. The van der Waals surface area contributed by atoms with Gasteiger partial charge in [0.05, 0.1) is 23.7 Å². The molecule has 0 saturated carbocycles. The van der Waals surface area contributed by atoms with Crippen LogP contribution in [0.5, 0.6) is 0 Å². The van der Waals surface area contributed by atoms with E-state index in [1.807, 2.05) is 31.2 Å². The second-order valence-corrected chi connectivity index (χ2v) is 5.82. The van der Waals surface area contributed by atoms with Gasteiger partial charge in [-0.15, -0.1) is 0 Å². The van der Waals surface area contributed by atoms with E-state index in [-0.39, 0.29) is 15.7 Å². The van der Waals surface area contributed by atoms with Crippen LogP contribution in [-0.2, 0) is 4.74 Å². The van der Waals surface area contributed by atoms with Crippen LogP contribution >= 0.6 is 12.2 Å². The fourth-order valence-corrected chi connectivity index (χ4v) is 2.92. The van der Waals surface area contributed by atoms with E-state index in [0.717, 1.165) is 11.3 Å². The maximum atomic E-state index is 12.4. The van der Waals surface area contributed by atoms with E-state index in [4.69, 9.17) is 17.0 Å². The first-order chi connectivity index (χ1) is 11.4. The van der Waals surface area contributed by atoms with Crippen molar-refractivity contribution in [2.45, 2.75) is 13.8 Å². The molecule has 0 bridgehead atoms. The maximum absolute atomic E-state index is 12.4. The molecule has 0 amide bonds. The number of carbonyl (C=O) groups is 1. The first-order valence-electron chi connectivity index (χ1n) is 7.24. The molecule has 0 saturated heterocycles. The highest BCUT2D eigenvalue weighted by molar-refractivity contribution is 7.71. The van der Waals surface area contributed by atoms with E-state index >= 15 is 0 Å². The number of ether oxygens (including phenoxy) is 1. The number of esters is 1. The molecule has 6 nitrogen and oxygen atoms in total. The molecule has 2 heterocycles. The Hall–Kier alpha value is -2.80. The average Bonchev–Trinajstić information content (AvgIpc) is 2.53. The van der Waals surface area contributed by atoms with Gasteiger partial charge in [-0.25, -0.2) is 9.78 Å². The smallest absolute Gasteiger partial charge is 0.338 e. The molecule has 0 aliphatic rings. The number of nitrogens with one attached hydrogen (secondary N) is 1. The van der Waals surface area contributed by atoms with E-state index in [2.05, 4.69) is 9.97 Å². The molecule has 0 radical (unpaired) electrons. The minimum absolute atomic E-state index is 0.155. The molecule has 1 aromatic carbocycles. The summed E-state index contributed by atoms with van der Waals surface area (Å²) in [7, 11) is 1.27. The fourth-order valence-electron chi connectivity index (χ4n) is 2.63. The van der Waals surface area contributed by atoms with Crippen LogP contribution in [0.2, 0.25) is 0 Å². The summed E-state index contributed by atoms with van der Waals surface area (Å²) in [4.78, 5) is 31.6. The number of hydrogen-bond acceptors (Lipinski definition) is 5. The third-order valence-corrected chi connectivity index (χ3v) is 3.94. The number of nitrogens with zero attached hydrogens (tertiary/aromatic N) is 2. The van der Waals surface area contributed by atoms with Crippen LogP contribution < -0.4 is 5.56 Å². The number of methoxy groups -OCH3 is 1. The largest absolute Gasteiger partial charge is 0.465 e. The van der Waals surface area contributed by atoms with Gasteiger partial charge in [-0.2, -0.15) is 0 Å². The van der Waals surface area contributed by atoms with Crippen molar-refractivity contribution in [3.05, 3.63) is 62.3 Å².